The van der Waals surface area contributed by atoms with Gasteiger partial charge in [-0.1, -0.05) is 29.8 Å². The van der Waals surface area contributed by atoms with Crippen molar-refractivity contribution in [1.82, 2.24) is 15.2 Å². The number of nitrogens with one attached hydrogen (secondary N) is 1. The minimum atomic E-state index is -0.660. The highest BCUT2D eigenvalue weighted by molar-refractivity contribution is 6.30. The summed E-state index contributed by atoms with van der Waals surface area (Å²) in [4.78, 5) is 30.8. The molecular weight excluding hydrogens is 455 g/mol. The fourth-order valence-electron chi connectivity index (χ4n) is 4.17. The van der Waals surface area contributed by atoms with E-state index in [0.29, 0.717) is 29.1 Å². The summed E-state index contributed by atoms with van der Waals surface area (Å²) in [5, 5.41) is 3.36. The Hall–Kier alpha value is -3.45. The molecule has 3 aromatic rings. The highest BCUT2D eigenvalue weighted by Crippen LogP contribution is 2.33. The average Bonchev–Trinajstić information content (AvgIpc) is 2.81. The van der Waals surface area contributed by atoms with Gasteiger partial charge in [0.05, 0.1) is 11.6 Å². The number of nitrogens with two attached hydrogens (primary N) is 1. The van der Waals surface area contributed by atoms with E-state index in [-0.39, 0.29) is 29.2 Å². The molecule has 1 aliphatic rings. The number of pyridine rings is 1. The molecule has 8 heteroatoms. The summed E-state index contributed by atoms with van der Waals surface area (Å²) < 4.78 is 15.0. The van der Waals surface area contributed by atoms with Gasteiger partial charge in [0.25, 0.3) is 5.91 Å². The monoisotopic (exact) mass is 480 g/mol. The first-order valence-electron chi connectivity index (χ1n) is 11.1. The Labute approximate surface area is 202 Å². The number of hydrogen-bond donors (Lipinski definition) is 2. The number of halogens is 2. The van der Waals surface area contributed by atoms with Crippen molar-refractivity contribution in [2.24, 2.45) is 0 Å². The third kappa shape index (κ3) is 5.04. The van der Waals surface area contributed by atoms with Gasteiger partial charge in [-0.15, -0.1) is 0 Å². The molecule has 2 aromatic carbocycles. The first-order chi connectivity index (χ1) is 16.2. The molecule has 0 radical (unpaired) electrons. The number of amides is 2. The van der Waals surface area contributed by atoms with Crippen molar-refractivity contribution in [1.29, 1.82) is 0 Å². The minimum absolute atomic E-state index is 0.0402. The van der Waals surface area contributed by atoms with Crippen LogP contribution in [0.3, 0.4) is 0 Å². The number of likely N-dealkylation sites (tertiary alicyclic amines) is 1. The number of anilines is 1. The molecule has 4 rings (SSSR count). The zero-order valence-corrected chi connectivity index (χ0v) is 19.8. The molecule has 34 heavy (non-hydrogen) atoms. The van der Waals surface area contributed by atoms with Crippen molar-refractivity contribution in [3.63, 3.8) is 0 Å². The topological polar surface area (TPSA) is 88.3 Å². The molecule has 2 atom stereocenters. The van der Waals surface area contributed by atoms with E-state index in [2.05, 4.69) is 10.3 Å². The van der Waals surface area contributed by atoms with Gasteiger partial charge in [0.1, 0.15) is 11.6 Å². The number of nitrogens with zero attached hydrogens (tertiary/aromatic N) is 2. The SMILES string of the molecule is CC(NC(=O)c1ccc(-c2cc(C3CCN(C)C(=O)C3)cnc2N)cc1F)c1cccc(Cl)c1. The van der Waals surface area contributed by atoms with E-state index in [9.17, 15) is 14.0 Å². The summed E-state index contributed by atoms with van der Waals surface area (Å²) in [7, 11) is 1.79. The maximum absolute atomic E-state index is 15.0. The Balaban J connectivity index is 1.55. The fraction of sp³-hybridized carbons (Fsp3) is 0.269. The van der Waals surface area contributed by atoms with Crippen LogP contribution in [0.2, 0.25) is 5.02 Å². The highest BCUT2D eigenvalue weighted by atomic mass is 35.5. The van der Waals surface area contributed by atoms with Crippen molar-refractivity contribution < 1.29 is 14.0 Å². The van der Waals surface area contributed by atoms with Crippen LogP contribution in [0.15, 0.2) is 54.7 Å². The van der Waals surface area contributed by atoms with Crippen LogP contribution in [-0.2, 0) is 4.79 Å². The van der Waals surface area contributed by atoms with Gasteiger partial charge in [-0.3, -0.25) is 9.59 Å². The summed E-state index contributed by atoms with van der Waals surface area (Å²) in [6.45, 7) is 2.48. The normalized spacial score (nSPS) is 16.9. The Morgan fingerprint density at radius 1 is 1.26 bits per heavy atom. The van der Waals surface area contributed by atoms with Gasteiger partial charge in [0, 0.05) is 36.8 Å². The number of nitrogen functional groups attached to an aromatic ring is 1. The molecule has 1 aromatic heterocycles. The van der Waals surface area contributed by atoms with Crippen LogP contribution in [-0.4, -0.2) is 35.3 Å². The van der Waals surface area contributed by atoms with Crippen molar-refractivity contribution >= 4 is 29.2 Å². The summed E-state index contributed by atoms with van der Waals surface area (Å²) in [6.07, 6.45) is 2.91. The molecule has 1 saturated heterocycles. The summed E-state index contributed by atoms with van der Waals surface area (Å²) in [6, 6.07) is 13.0. The minimum Gasteiger partial charge on any atom is -0.383 e. The first kappa shape index (κ1) is 23.7. The maximum atomic E-state index is 15.0. The Morgan fingerprint density at radius 2 is 2.06 bits per heavy atom. The van der Waals surface area contributed by atoms with E-state index in [1.165, 1.54) is 12.1 Å². The maximum Gasteiger partial charge on any atom is 0.254 e. The Morgan fingerprint density at radius 3 is 2.76 bits per heavy atom. The molecule has 3 N–H and O–H groups in total. The van der Waals surface area contributed by atoms with Gasteiger partial charge in [-0.2, -0.15) is 0 Å². The zero-order chi connectivity index (χ0) is 24.4. The fourth-order valence-corrected chi connectivity index (χ4v) is 4.37. The number of aromatic nitrogens is 1. The summed E-state index contributed by atoms with van der Waals surface area (Å²) in [5.74, 6) is -0.801. The molecular formula is C26H26ClFN4O2. The zero-order valence-electron chi connectivity index (χ0n) is 19.0. The number of carbonyl (C=O) groups is 2. The van der Waals surface area contributed by atoms with Crippen LogP contribution < -0.4 is 11.1 Å². The van der Waals surface area contributed by atoms with E-state index in [1.807, 2.05) is 19.1 Å². The second-order valence-corrected chi connectivity index (χ2v) is 9.09. The molecule has 2 heterocycles. The van der Waals surface area contributed by atoms with Crippen LogP contribution in [0.25, 0.3) is 11.1 Å². The Kier molecular flexibility index (Phi) is 6.84. The van der Waals surface area contributed by atoms with Gasteiger partial charge < -0.3 is 16.0 Å². The van der Waals surface area contributed by atoms with Crippen molar-refractivity contribution in [3.05, 3.63) is 82.3 Å². The van der Waals surface area contributed by atoms with E-state index >= 15 is 0 Å². The molecule has 1 aliphatic heterocycles. The lowest BCUT2D eigenvalue weighted by molar-refractivity contribution is -0.132. The molecule has 0 spiro atoms. The Bertz CT molecular complexity index is 1250. The lowest BCUT2D eigenvalue weighted by atomic mass is 9.88. The van der Waals surface area contributed by atoms with Crippen LogP contribution in [0.4, 0.5) is 10.2 Å². The molecule has 1 fully saturated rings. The number of carbonyl (C=O) groups excluding carboxylic acids is 2. The smallest absolute Gasteiger partial charge is 0.254 e. The van der Waals surface area contributed by atoms with Crippen molar-refractivity contribution in [3.8, 4) is 11.1 Å². The molecule has 0 bridgehead atoms. The summed E-state index contributed by atoms with van der Waals surface area (Å²) >= 11 is 6.02. The number of rotatable bonds is 5. The van der Waals surface area contributed by atoms with Crippen LogP contribution in [0.1, 0.15) is 53.2 Å². The molecule has 176 valence electrons. The predicted octanol–water partition coefficient (Wildman–Crippen LogP) is 4.95. The van der Waals surface area contributed by atoms with Gasteiger partial charge in [0.15, 0.2) is 0 Å². The van der Waals surface area contributed by atoms with Gasteiger partial charge >= 0.3 is 0 Å². The summed E-state index contributed by atoms with van der Waals surface area (Å²) in [5.41, 5.74) is 8.82. The van der Waals surface area contributed by atoms with E-state index in [1.54, 1.807) is 42.4 Å². The molecule has 2 amide bonds. The number of piperidine rings is 1. The highest BCUT2D eigenvalue weighted by Gasteiger charge is 2.25. The van der Waals surface area contributed by atoms with Crippen LogP contribution in [0, 0.1) is 5.82 Å². The largest absolute Gasteiger partial charge is 0.383 e. The van der Waals surface area contributed by atoms with Crippen LogP contribution >= 0.6 is 11.6 Å². The van der Waals surface area contributed by atoms with Gasteiger partial charge in [0.2, 0.25) is 5.91 Å². The van der Waals surface area contributed by atoms with Gasteiger partial charge in [-0.25, -0.2) is 9.37 Å². The second-order valence-electron chi connectivity index (χ2n) is 8.65. The van der Waals surface area contributed by atoms with Crippen molar-refractivity contribution in [2.75, 3.05) is 19.3 Å². The van der Waals surface area contributed by atoms with E-state index in [4.69, 9.17) is 17.3 Å². The molecule has 6 nitrogen and oxygen atoms in total. The molecule has 2 unspecified atom stereocenters. The van der Waals surface area contributed by atoms with Crippen molar-refractivity contribution in [2.45, 2.75) is 31.7 Å². The lowest BCUT2D eigenvalue weighted by Crippen LogP contribution is -2.34. The standard InChI is InChI=1S/C26H26ClFN4O2/c1-15(16-4-3-5-20(27)10-16)31-26(34)21-7-6-18(12-23(21)28)22-11-19(14-30-25(22)29)17-8-9-32(2)24(33)13-17/h3-7,10-12,14-15,17H,8-9,13H2,1-2H3,(H2,29,30)(H,31,34). The number of hydrogen-bond acceptors (Lipinski definition) is 4. The van der Waals surface area contributed by atoms with E-state index < -0.39 is 11.7 Å². The lowest BCUT2D eigenvalue weighted by Gasteiger charge is -2.29. The predicted molar refractivity (Wildman–Crippen MR) is 131 cm³/mol. The first-order valence-corrected chi connectivity index (χ1v) is 11.5. The quantitative estimate of drug-likeness (QED) is 0.540. The molecule has 0 aliphatic carbocycles. The molecule has 0 saturated carbocycles. The van der Waals surface area contributed by atoms with E-state index in [0.717, 1.165) is 17.5 Å². The number of benzene rings is 2. The average molecular weight is 481 g/mol. The van der Waals surface area contributed by atoms with Crippen LogP contribution in [0.5, 0.6) is 0 Å². The third-order valence-electron chi connectivity index (χ3n) is 6.29. The second kappa shape index (κ2) is 9.81. The van der Waals surface area contributed by atoms with Gasteiger partial charge in [-0.05, 0) is 66.3 Å². The third-order valence-corrected chi connectivity index (χ3v) is 6.53.